The van der Waals surface area contributed by atoms with Gasteiger partial charge in [0, 0.05) is 6.92 Å². The van der Waals surface area contributed by atoms with Gasteiger partial charge in [-0.05, 0) is 5.56 Å². The largest absolute Gasteiger partial charge is 0.516 e. The van der Waals surface area contributed by atoms with E-state index in [9.17, 15) is 4.79 Å². The number of hydrogen-bond acceptors (Lipinski definition) is 3. The van der Waals surface area contributed by atoms with Crippen molar-refractivity contribution in [2.45, 2.75) is 6.92 Å². The fraction of sp³-hybridized carbons (Fsp3) is 0.0625. The highest BCUT2D eigenvalue weighted by atomic mass is 16.5. The molecule has 0 fully saturated rings. The molecule has 0 heterocycles. The van der Waals surface area contributed by atoms with Crippen molar-refractivity contribution in [3.63, 3.8) is 0 Å². The van der Waals surface area contributed by atoms with E-state index in [-0.39, 0.29) is 5.97 Å². The smallest absolute Gasteiger partial charge is 0.307 e. The lowest BCUT2D eigenvalue weighted by Gasteiger charge is -1.85. The molecule has 3 nitrogen and oxygen atoms in total. The Kier molecular flexibility index (Phi) is 23.8. The molecule has 1 aromatic carbocycles. The van der Waals surface area contributed by atoms with Crippen LogP contribution < -0.4 is 0 Å². The van der Waals surface area contributed by atoms with Crippen molar-refractivity contribution in [1.29, 1.82) is 0 Å². The number of benzene rings is 1. The zero-order valence-electron chi connectivity index (χ0n) is 11.4. The highest BCUT2D eigenvalue weighted by Gasteiger charge is 1.79. The fourth-order valence-corrected chi connectivity index (χ4v) is 0.706. The first-order valence-electron chi connectivity index (χ1n) is 5.33. The number of esters is 1. The Morgan fingerprint density at radius 2 is 1.58 bits per heavy atom. The van der Waals surface area contributed by atoms with Gasteiger partial charge in [0.1, 0.15) is 0 Å². The summed E-state index contributed by atoms with van der Waals surface area (Å²) < 4.78 is 4.17. The maximum absolute atomic E-state index is 9.75. The summed E-state index contributed by atoms with van der Waals surface area (Å²) in [5.74, 6) is -0.329. The van der Waals surface area contributed by atoms with Gasteiger partial charge in [0.25, 0.3) is 0 Å². The summed E-state index contributed by atoms with van der Waals surface area (Å²) in [6.45, 7) is 17.0. The minimum atomic E-state index is -0.329. The summed E-state index contributed by atoms with van der Waals surface area (Å²) in [5.41, 5.74) is 1.17. The first kappa shape index (κ1) is 21.7. The highest BCUT2D eigenvalue weighted by molar-refractivity contribution is 5.66. The van der Waals surface area contributed by atoms with Gasteiger partial charge in [0.05, 0.1) is 12.5 Å². The Balaban J connectivity index is -0.000000207. The van der Waals surface area contributed by atoms with Crippen molar-refractivity contribution >= 4 is 12.0 Å². The van der Waals surface area contributed by atoms with Crippen LogP contribution in [-0.2, 0) is 9.53 Å². The summed E-state index contributed by atoms with van der Waals surface area (Å²) in [6, 6.07) is 10.0. The van der Waals surface area contributed by atoms with E-state index in [4.69, 9.17) is 5.11 Å². The Morgan fingerprint density at radius 3 is 1.74 bits per heavy atom. The molecule has 0 bridgehead atoms. The van der Waals surface area contributed by atoms with Crippen molar-refractivity contribution in [2.24, 2.45) is 0 Å². The number of aliphatic hydroxyl groups is 1. The van der Waals surface area contributed by atoms with Gasteiger partial charge in [-0.2, -0.15) is 0 Å². The second-order valence-electron chi connectivity index (χ2n) is 2.57. The molecule has 0 saturated carbocycles. The summed E-state index contributed by atoms with van der Waals surface area (Å²) in [4.78, 5) is 9.75. The maximum atomic E-state index is 9.75. The third kappa shape index (κ3) is 25.6. The van der Waals surface area contributed by atoms with E-state index in [2.05, 4.69) is 37.6 Å². The van der Waals surface area contributed by atoms with Crippen molar-refractivity contribution < 1.29 is 14.6 Å². The average molecular weight is 262 g/mol. The van der Waals surface area contributed by atoms with E-state index in [0.29, 0.717) is 0 Å². The molecule has 0 aliphatic carbocycles. The number of rotatable bonds is 2. The molecular formula is C16H22O3. The van der Waals surface area contributed by atoms with Gasteiger partial charge in [0.15, 0.2) is 0 Å². The van der Waals surface area contributed by atoms with Crippen LogP contribution in [0, 0.1) is 0 Å². The molecular weight excluding hydrogens is 240 g/mol. The molecule has 0 aliphatic heterocycles. The monoisotopic (exact) mass is 262 g/mol. The Hall–Kier alpha value is -2.55. The van der Waals surface area contributed by atoms with Crippen molar-refractivity contribution in [3.8, 4) is 0 Å². The van der Waals surface area contributed by atoms with Gasteiger partial charge >= 0.3 is 5.97 Å². The molecule has 0 aromatic heterocycles. The van der Waals surface area contributed by atoms with Crippen LogP contribution in [0.4, 0.5) is 0 Å². The summed E-state index contributed by atoms with van der Waals surface area (Å²) in [6.07, 6.45) is 3.68. The van der Waals surface area contributed by atoms with Gasteiger partial charge in [-0.15, -0.1) is 13.2 Å². The highest BCUT2D eigenvalue weighted by Crippen LogP contribution is 1.97. The normalized spacial score (nSPS) is 6.58. The van der Waals surface area contributed by atoms with Crippen LogP contribution in [0.1, 0.15) is 12.5 Å². The van der Waals surface area contributed by atoms with E-state index < -0.39 is 0 Å². The second-order valence-corrected chi connectivity index (χ2v) is 2.57. The third-order valence-corrected chi connectivity index (χ3v) is 1.28. The van der Waals surface area contributed by atoms with Crippen LogP contribution in [0.2, 0.25) is 0 Å². The molecule has 1 aromatic rings. The van der Waals surface area contributed by atoms with Crippen LogP contribution in [0.5, 0.6) is 0 Å². The predicted octanol–water partition coefficient (Wildman–Crippen LogP) is 4.51. The molecule has 104 valence electrons. The maximum Gasteiger partial charge on any atom is 0.307 e. The van der Waals surface area contributed by atoms with Gasteiger partial charge in [-0.3, -0.25) is 4.79 Å². The molecule has 0 spiro atoms. The minimum absolute atomic E-state index is 0.329. The number of hydrogen-bond donors (Lipinski definition) is 1. The lowest BCUT2D eigenvalue weighted by molar-refractivity contribution is -0.135. The lowest BCUT2D eigenvalue weighted by Crippen LogP contribution is -1.87. The zero-order valence-corrected chi connectivity index (χ0v) is 11.4. The van der Waals surface area contributed by atoms with E-state index >= 15 is 0 Å². The number of carbonyl (C=O) groups is 1. The number of aliphatic hydroxyl groups excluding tert-OH is 1. The molecule has 0 radical (unpaired) electrons. The van der Waals surface area contributed by atoms with Crippen LogP contribution in [0.15, 0.2) is 75.8 Å². The van der Waals surface area contributed by atoms with Crippen molar-refractivity contribution in [2.75, 3.05) is 0 Å². The van der Waals surface area contributed by atoms with Crippen LogP contribution in [0.3, 0.4) is 0 Å². The Morgan fingerprint density at radius 1 is 1.16 bits per heavy atom. The van der Waals surface area contributed by atoms with Crippen LogP contribution in [-0.4, -0.2) is 11.1 Å². The van der Waals surface area contributed by atoms with Gasteiger partial charge in [0.2, 0.25) is 0 Å². The van der Waals surface area contributed by atoms with Gasteiger partial charge < -0.3 is 9.84 Å². The number of ether oxygens (including phenoxy) is 1. The molecule has 0 unspecified atom stereocenters. The van der Waals surface area contributed by atoms with E-state index in [1.165, 1.54) is 12.5 Å². The van der Waals surface area contributed by atoms with Crippen LogP contribution in [0.25, 0.3) is 6.08 Å². The molecule has 0 saturated heterocycles. The lowest BCUT2D eigenvalue weighted by atomic mass is 10.2. The first-order valence-corrected chi connectivity index (χ1v) is 5.33. The van der Waals surface area contributed by atoms with E-state index in [1.807, 2.05) is 36.4 Å². The topological polar surface area (TPSA) is 46.5 Å². The van der Waals surface area contributed by atoms with E-state index in [0.717, 1.165) is 12.5 Å². The third-order valence-electron chi connectivity index (χ3n) is 1.28. The molecule has 0 aliphatic rings. The second kappa shape index (κ2) is 20.8. The van der Waals surface area contributed by atoms with Gasteiger partial charge in [-0.1, -0.05) is 56.1 Å². The SMILES string of the molecule is C=C.C=CO.C=COC(C)=O.C=Cc1ccccc1. The summed E-state index contributed by atoms with van der Waals surface area (Å²) >= 11 is 0. The predicted molar refractivity (Wildman–Crippen MR) is 82.6 cm³/mol. The van der Waals surface area contributed by atoms with E-state index in [1.54, 1.807) is 0 Å². The Bertz CT molecular complexity index is 342. The summed E-state index contributed by atoms with van der Waals surface area (Å²) in [7, 11) is 0. The van der Waals surface area contributed by atoms with Crippen LogP contribution >= 0.6 is 0 Å². The standard InChI is InChI=1S/C8H8.C4H6O2.C2H4O.C2H4/c1-2-8-6-4-3-5-7-8;1-3-6-4(2)5;1-2-3;1-2/h2-7H,1H2;3H,1H2,2H3;2-3H,1H2;1-2H2. The molecule has 1 rings (SSSR count). The Labute approximate surface area is 115 Å². The molecule has 19 heavy (non-hydrogen) atoms. The number of carbonyl (C=O) groups excluding carboxylic acids is 1. The summed E-state index contributed by atoms with van der Waals surface area (Å²) in [5, 5.41) is 7.33. The molecule has 0 atom stereocenters. The zero-order chi connectivity index (χ0) is 15.5. The quantitative estimate of drug-likeness (QED) is 0.484. The molecule has 3 heteroatoms. The van der Waals surface area contributed by atoms with Crippen molar-refractivity contribution in [3.05, 3.63) is 81.3 Å². The van der Waals surface area contributed by atoms with Crippen molar-refractivity contribution in [1.82, 2.24) is 0 Å². The fourth-order valence-electron chi connectivity index (χ4n) is 0.706. The first-order chi connectivity index (χ1) is 9.12. The minimum Gasteiger partial charge on any atom is -0.516 e. The average Bonchev–Trinajstić information content (AvgIpc) is 2.43. The van der Waals surface area contributed by atoms with Gasteiger partial charge in [-0.25, -0.2) is 0 Å². The molecule has 0 amide bonds. The molecule has 1 N–H and O–H groups in total.